The predicted octanol–water partition coefficient (Wildman–Crippen LogP) is 3.82. The largest absolute Gasteiger partial charge is 0.396 e. The molecule has 1 fully saturated rings. The zero-order chi connectivity index (χ0) is 18.3. The number of aromatic nitrogens is 3. The Hall–Kier alpha value is -0.983. The van der Waals surface area contributed by atoms with Gasteiger partial charge in [0.2, 0.25) is 0 Å². The third-order valence-corrected chi connectivity index (χ3v) is 11.1. The highest BCUT2D eigenvalue weighted by molar-refractivity contribution is 6.80. The first-order chi connectivity index (χ1) is 12.0. The van der Waals surface area contributed by atoms with Crippen molar-refractivity contribution >= 4 is 8.07 Å². The molecule has 142 valence electrons. The van der Waals surface area contributed by atoms with Crippen molar-refractivity contribution in [3.8, 4) is 0 Å². The Labute approximate surface area is 153 Å². The predicted molar refractivity (Wildman–Crippen MR) is 104 cm³/mol. The van der Waals surface area contributed by atoms with Crippen LogP contribution in [0.25, 0.3) is 0 Å². The summed E-state index contributed by atoms with van der Waals surface area (Å²) in [5, 5.41) is 17.4. The van der Waals surface area contributed by atoms with Crippen LogP contribution in [0.3, 0.4) is 0 Å². The summed E-state index contributed by atoms with van der Waals surface area (Å²) in [6.07, 6.45) is 13.9. The lowest BCUT2D eigenvalue weighted by Gasteiger charge is -2.42. The quantitative estimate of drug-likeness (QED) is 0.534. The van der Waals surface area contributed by atoms with Crippen LogP contribution in [0, 0.1) is 0 Å². The van der Waals surface area contributed by atoms with Crippen LogP contribution in [0.5, 0.6) is 0 Å². The number of allylic oxidation sites excluding steroid dienone is 2. The zero-order valence-electron chi connectivity index (χ0n) is 16.3. The van der Waals surface area contributed by atoms with E-state index in [1.807, 2.05) is 18.0 Å². The van der Waals surface area contributed by atoms with Crippen LogP contribution in [0.1, 0.15) is 44.7 Å². The second kappa shape index (κ2) is 9.64. The summed E-state index contributed by atoms with van der Waals surface area (Å²) in [6, 6.07) is 0. The second-order valence-electron chi connectivity index (χ2n) is 7.90. The average Bonchev–Trinajstić information content (AvgIpc) is 3.06. The molecule has 0 saturated heterocycles. The summed E-state index contributed by atoms with van der Waals surface area (Å²) in [4.78, 5) is 0. The Morgan fingerprint density at radius 3 is 2.68 bits per heavy atom. The van der Waals surface area contributed by atoms with E-state index < -0.39 is 8.07 Å². The highest BCUT2D eigenvalue weighted by Crippen LogP contribution is 2.45. The maximum Gasteiger partial charge on any atom is 0.0849 e. The highest BCUT2D eigenvalue weighted by Gasteiger charge is 2.39. The molecule has 2 rings (SSSR count). The molecule has 0 unspecified atom stereocenters. The Kier molecular flexibility index (Phi) is 7.84. The van der Waals surface area contributed by atoms with E-state index in [9.17, 15) is 0 Å². The molecule has 1 aliphatic rings. The molecule has 6 heteroatoms. The zero-order valence-corrected chi connectivity index (χ0v) is 17.3. The Bertz CT molecular complexity index is 537. The van der Waals surface area contributed by atoms with Gasteiger partial charge in [-0.05, 0) is 37.3 Å². The molecule has 1 saturated carbocycles. The molecule has 0 radical (unpaired) electrons. The van der Waals surface area contributed by atoms with Crippen LogP contribution >= 0.6 is 0 Å². The van der Waals surface area contributed by atoms with Gasteiger partial charge in [-0.25, -0.2) is 0 Å². The van der Waals surface area contributed by atoms with Gasteiger partial charge in [0.15, 0.2) is 0 Å². The van der Waals surface area contributed by atoms with E-state index in [0.717, 1.165) is 24.2 Å². The van der Waals surface area contributed by atoms with Gasteiger partial charge in [0.05, 0.1) is 19.9 Å². The molecule has 0 amide bonds. The number of aliphatic hydroxyl groups is 1. The molecule has 1 atom stereocenters. The summed E-state index contributed by atoms with van der Waals surface area (Å²) in [6.45, 7) is 8.29. The number of aliphatic hydroxyl groups excluding tert-OH is 1. The average molecular weight is 366 g/mol. The fraction of sp³-hybridized carbons (Fsp3) is 0.789. The molecule has 1 aliphatic carbocycles. The number of aryl methyl sites for hydroxylation is 1. The van der Waals surface area contributed by atoms with Gasteiger partial charge in [-0.15, -0.1) is 5.10 Å². The van der Waals surface area contributed by atoms with E-state index in [1.54, 1.807) is 0 Å². The maximum absolute atomic E-state index is 9.01. The molecule has 0 aliphatic heterocycles. The summed E-state index contributed by atoms with van der Waals surface area (Å²) in [5.41, 5.74) is 2.41. The van der Waals surface area contributed by atoms with Crippen molar-refractivity contribution in [3.05, 3.63) is 24.0 Å². The second-order valence-corrected chi connectivity index (χ2v) is 13.1. The lowest BCUT2D eigenvalue weighted by atomic mass is 9.97. The lowest BCUT2D eigenvalue weighted by Crippen LogP contribution is -2.40. The fourth-order valence-corrected chi connectivity index (χ4v) is 8.23. The van der Waals surface area contributed by atoms with Gasteiger partial charge in [0, 0.05) is 32.9 Å². The van der Waals surface area contributed by atoms with Crippen LogP contribution in [0.2, 0.25) is 24.2 Å². The first-order valence-electron chi connectivity index (χ1n) is 9.66. The fourth-order valence-electron chi connectivity index (χ4n) is 4.24. The molecule has 1 aromatic heterocycles. The van der Waals surface area contributed by atoms with E-state index in [4.69, 9.17) is 9.84 Å². The van der Waals surface area contributed by atoms with Crippen molar-refractivity contribution in [1.29, 1.82) is 0 Å². The molecule has 1 N–H and O–H groups in total. The number of hydrogen-bond acceptors (Lipinski definition) is 4. The number of methoxy groups -OCH3 is 1. The molecule has 1 aromatic rings. The van der Waals surface area contributed by atoms with E-state index in [2.05, 4.69) is 42.5 Å². The Balaban J connectivity index is 1.97. The van der Waals surface area contributed by atoms with Gasteiger partial charge in [0.25, 0.3) is 0 Å². The first kappa shape index (κ1) is 20.3. The van der Waals surface area contributed by atoms with Crippen molar-refractivity contribution in [2.75, 3.05) is 13.7 Å². The maximum atomic E-state index is 9.01. The normalized spacial score (nSPS) is 23.2. The number of hydrogen-bond donors (Lipinski definition) is 1. The van der Waals surface area contributed by atoms with Crippen molar-refractivity contribution in [3.63, 3.8) is 0 Å². The van der Waals surface area contributed by atoms with Gasteiger partial charge < -0.3 is 9.84 Å². The molecule has 25 heavy (non-hydrogen) atoms. The monoisotopic (exact) mass is 365 g/mol. The summed E-state index contributed by atoms with van der Waals surface area (Å²) < 4.78 is 7.49. The molecule has 0 bridgehead atoms. The SMILES string of the molecule is C/C=C/[C@@H](CCn1cc(CCO)nn1)[Si](C)(C)C1CCC(OC)CC1. The van der Waals surface area contributed by atoms with Crippen LogP contribution < -0.4 is 0 Å². The molecule has 0 spiro atoms. The molecule has 1 heterocycles. The minimum Gasteiger partial charge on any atom is -0.396 e. The number of ether oxygens (including phenoxy) is 1. The van der Waals surface area contributed by atoms with Crippen LogP contribution in [0.15, 0.2) is 18.3 Å². The third-order valence-electron chi connectivity index (χ3n) is 6.06. The van der Waals surface area contributed by atoms with Crippen LogP contribution in [-0.2, 0) is 17.7 Å². The number of nitrogens with zero attached hydrogens (tertiary/aromatic N) is 3. The summed E-state index contributed by atoms with van der Waals surface area (Å²) in [7, 11) is 0.445. The first-order valence-corrected chi connectivity index (χ1v) is 12.8. The van der Waals surface area contributed by atoms with E-state index in [-0.39, 0.29) is 6.61 Å². The Morgan fingerprint density at radius 2 is 2.08 bits per heavy atom. The van der Waals surface area contributed by atoms with Crippen LogP contribution in [0.4, 0.5) is 0 Å². The smallest absolute Gasteiger partial charge is 0.0849 e. The van der Waals surface area contributed by atoms with E-state index in [0.29, 0.717) is 18.1 Å². The van der Waals surface area contributed by atoms with Gasteiger partial charge >= 0.3 is 0 Å². The van der Waals surface area contributed by atoms with Crippen molar-refractivity contribution in [2.45, 2.75) is 82.3 Å². The minimum atomic E-state index is -1.40. The van der Waals surface area contributed by atoms with Gasteiger partial charge in [-0.2, -0.15) is 0 Å². The third kappa shape index (κ3) is 5.49. The molecular weight excluding hydrogens is 330 g/mol. The molecular formula is C19H35N3O2Si. The number of rotatable bonds is 9. The summed E-state index contributed by atoms with van der Waals surface area (Å²) >= 11 is 0. The van der Waals surface area contributed by atoms with E-state index in [1.165, 1.54) is 25.7 Å². The summed E-state index contributed by atoms with van der Waals surface area (Å²) in [5.74, 6) is 0. The van der Waals surface area contributed by atoms with Crippen molar-refractivity contribution < 1.29 is 9.84 Å². The Morgan fingerprint density at radius 1 is 1.36 bits per heavy atom. The molecule has 0 aromatic carbocycles. The minimum absolute atomic E-state index is 0.129. The highest BCUT2D eigenvalue weighted by atomic mass is 28.3. The van der Waals surface area contributed by atoms with Crippen molar-refractivity contribution in [1.82, 2.24) is 15.0 Å². The van der Waals surface area contributed by atoms with Gasteiger partial charge in [0.1, 0.15) is 0 Å². The van der Waals surface area contributed by atoms with Gasteiger partial charge in [-0.3, -0.25) is 4.68 Å². The topological polar surface area (TPSA) is 60.2 Å². The van der Waals surface area contributed by atoms with Crippen LogP contribution in [-0.4, -0.2) is 48.0 Å². The lowest BCUT2D eigenvalue weighted by molar-refractivity contribution is 0.0703. The molecule has 5 nitrogen and oxygen atoms in total. The van der Waals surface area contributed by atoms with E-state index >= 15 is 0 Å². The van der Waals surface area contributed by atoms with Crippen molar-refractivity contribution in [2.24, 2.45) is 0 Å². The van der Waals surface area contributed by atoms with Gasteiger partial charge in [-0.1, -0.05) is 43.3 Å². The standard InChI is InChI=1S/C19H35N3O2Si/c1-5-6-18(11-13-22-15-16(12-14-23)20-21-22)25(3,4)19-9-7-17(24-2)8-10-19/h5-6,15,17-19,23H,7-14H2,1-4H3/b6-5+/t17?,18-,19?/m0/s1.